The van der Waals surface area contributed by atoms with Gasteiger partial charge in [0.15, 0.2) is 0 Å². The van der Waals surface area contributed by atoms with Crippen LogP contribution in [0.1, 0.15) is 27.2 Å². The van der Waals surface area contributed by atoms with E-state index < -0.39 is 0 Å². The van der Waals surface area contributed by atoms with E-state index in [1.54, 1.807) is 23.0 Å². The summed E-state index contributed by atoms with van der Waals surface area (Å²) in [6.45, 7) is 3.53. The summed E-state index contributed by atoms with van der Waals surface area (Å²) in [6.07, 6.45) is 4.83. The predicted octanol–water partition coefficient (Wildman–Crippen LogP) is 2.66. The van der Waals surface area contributed by atoms with Gasteiger partial charge in [0.1, 0.15) is 0 Å². The van der Waals surface area contributed by atoms with Crippen molar-refractivity contribution in [1.29, 1.82) is 0 Å². The topological polar surface area (TPSA) is 47.2 Å². The van der Waals surface area contributed by atoms with E-state index in [4.69, 9.17) is 0 Å². The van der Waals surface area contributed by atoms with E-state index in [-0.39, 0.29) is 16.9 Å². The summed E-state index contributed by atoms with van der Waals surface area (Å²) in [5.41, 5.74) is 2.45. The van der Waals surface area contributed by atoms with Crippen molar-refractivity contribution < 1.29 is 4.79 Å². The van der Waals surface area contributed by atoms with Crippen LogP contribution in [0.15, 0.2) is 34.7 Å². The normalized spacial score (nSPS) is 24.3. The van der Waals surface area contributed by atoms with Gasteiger partial charge in [0, 0.05) is 49.9 Å². The molecule has 0 spiro atoms. The molecule has 1 saturated heterocycles. The Balaban J connectivity index is 1.56. The van der Waals surface area contributed by atoms with E-state index >= 15 is 0 Å². The summed E-state index contributed by atoms with van der Waals surface area (Å²) in [4.78, 5) is 29.4. The second-order valence-corrected chi connectivity index (χ2v) is 8.77. The molecule has 0 bridgehead atoms. The van der Waals surface area contributed by atoms with Gasteiger partial charge in [-0.3, -0.25) is 9.59 Å². The number of likely N-dealkylation sites (tertiary alicyclic amines) is 1. The molecule has 2 atom stereocenters. The van der Waals surface area contributed by atoms with Crippen LogP contribution in [0.5, 0.6) is 0 Å². The first-order chi connectivity index (χ1) is 12.4. The number of amides is 1. The van der Waals surface area contributed by atoms with Gasteiger partial charge in [-0.1, -0.05) is 6.07 Å². The number of piperidine rings is 1. The summed E-state index contributed by atoms with van der Waals surface area (Å²) in [6, 6.07) is 4.28. The number of aromatic nitrogens is 2. The number of nitrogens with zero attached hydrogens (tertiary/aromatic N) is 3. The molecule has 6 heteroatoms. The molecule has 1 amide bonds. The number of carbonyl (C=O) groups excluding carboxylic acids is 1. The van der Waals surface area contributed by atoms with Crippen LogP contribution in [-0.4, -0.2) is 33.0 Å². The maximum atomic E-state index is 13.3. The zero-order valence-corrected chi connectivity index (χ0v) is 16.0. The number of rotatable bonds is 2. The van der Waals surface area contributed by atoms with E-state index in [0.717, 1.165) is 24.2 Å². The van der Waals surface area contributed by atoms with Gasteiger partial charge in [-0.15, -0.1) is 11.3 Å². The molecule has 0 radical (unpaired) electrons. The highest BCUT2D eigenvalue weighted by Crippen LogP contribution is 2.60. The summed E-state index contributed by atoms with van der Waals surface area (Å²) in [5.74, 6) is 0.547. The van der Waals surface area contributed by atoms with Crippen molar-refractivity contribution in [3.63, 3.8) is 0 Å². The molecule has 26 heavy (non-hydrogen) atoms. The van der Waals surface area contributed by atoms with Gasteiger partial charge in [0.2, 0.25) is 0 Å². The van der Waals surface area contributed by atoms with Gasteiger partial charge in [0.25, 0.3) is 11.5 Å². The Hall–Kier alpha value is -2.34. The summed E-state index contributed by atoms with van der Waals surface area (Å²) < 4.78 is 3.48. The molecule has 3 aromatic heterocycles. The molecule has 1 saturated carbocycles. The fourth-order valence-electron chi connectivity index (χ4n) is 4.82. The minimum absolute atomic E-state index is 0.0126. The van der Waals surface area contributed by atoms with Crippen molar-refractivity contribution in [2.45, 2.75) is 18.8 Å². The van der Waals surface area contributed by atoms with Crippen molar-refractivity contribution in [2.75, 3.05) is 13.1 Å². The molecule has 0 aromatic carbocycles. The van der Waals surface area contributed by atoms with Crippen LogP contribution in [0.2, 0.25) is 0 Å². The highest BCUT2D eigenvalue weighted by molar-refractivity contribution is 7.10. The van der Waals surface area contributed by atoms with Gasteiger partial charge in [0.05, 0.1) is 16.5 Å². The molecule has 5 rings (SSSR count). The lowest BCUT2D eigenvalue weighted by Gasteiger charge is -2.20. The molecule has 3 aromatic rings. The Labute approximate surface area is 155 Å². The maximum absolute atomic E-state index is 13.3. The molecular weight excluding hydrogens is 346 g/mol. The molecule has 4 heterocycles. The smallest absolute Gasteiger partial charge is 0.260 e. The Kier molecular flexibility index (Phi) is 3.11. The van der Waals surface area contributed by atoms with Crippen LogP contribution in [0.25, 0.3) is 10.9 Å². The third-order valence-electron chi connectivity index (χ3n) is 6.15. The Morgan fingerprint density at radius 1 is 1.27 bits per heavy atom. The highest BCUT2D eigenvalue weighted by atomic mass is 32.1. The van der Waals surface area contributed by atoms with E-state index in [1.807, 2.05) is 35.8 Å². The third kappa shape index (κ3) is 1.96. The van der Waals surface area contributed by atoms with Crippen molar-refractivity contribution in [3.05, 3.63) is 56.3 Å². The van der Waals surface area contributed by atoms with Crippen molar-refractivity contribution in [1.82, 2.24) is 14.0 Å². The lowest BCUT2D eigenvalue weighted by molar-refractivity contribution is 0.0774. The number of carbonyl (C=O) groups is 1. The molecule has 134 valence electrons. The number of hydrogen-bond donors (Lipinski definition) is 0. The van der Waals surface area contributed by atoms with Crippen LogP contribution in [-0.2, 0) is 19.5 Å². The number of thiophene rings is 1. The fourth-order valence-corrected chi connectivity index (χ4v) is 5.83. The summed E-state index contributed by atoms with van der Waals surface area (Å²) in [5, 5.41) is 2.66. The molecule has 0 N–H and O–H groups in total. The molecule has 2 aliphatic rings. The number of hydrogen-bond acceptors (Lipinski definition) is 3. The van der Waals surface area contributed by atoms with Gasteiger partial charge in [-0.25, -0.2) is 0 Å². The summed E-state index contributed by atoms with van der Waals surface area (Å²) >= 11 is 1.79. The average Bonchev–Trinajstić information content (AvgIpc) is 3.06. The van der Waals surface area contributed by atoms with Crippen LogP contribution in [0, 0.1) is 12.8 Å². The summed E-state index contributed by atoms with van der Waals surface area (Å²) in [7, 11) is 3.65. The fraction of sp³-hybridized carbons (Fsp3) is 0.400. The molecule has 1 aliphatic heterocycles. The van der Waals surface area contributed by atoms with Crippen LogP contribution < -0.4 is 5.56 Å². The van der Waals surface area contributed by atoms with E-state index in [1.165, 1.54) is 11.3 Å². The zero-order chi connectivity index (χ0) is 18.2. The predicted molar refractivity (Wildman–Crippen MR) is 103 cm³/mol. The second-order valence-electron chi connectivity index (χ2n) is 7.83. The van der Waals surface area contributed by atoms with E-state index in [0.29, 0.717) is 16.9 Å². The van der Waals surface area contributed by atoms with Gasteiger partial charge in [-0.2, -0.15) is 0 Å². The zero-order valence-electron chi connectivity index (χ0n) is 15.2. The van der Waals surface area contributed by atoms with Crippen LogP contribution in [0.4, 0.5) is 0 Å². The van der Waals surface area contributed by atoms with E-state index in [2.05, 4.69) is 17.5 Å². The van der Waals surface area contributed by atoms with Gasteiger partial charge < -0.3 is 14.0 Å². The number of aryl methyl sites for hydroxylation is 3. The van der Waals surface area contributed by atoms with Gasteiger partial charge in [-0.05, 0) is 36.3 Å². The van der Waals surface area contributed by atoms with Crippen LogP contribution in [0.3, 0.4) is 0 Å². The minimum Gasteiger partial charge on any atom is -0.349 e. The molecule has 2 fully saturated rings. The van der Waals surface area contributed by atoms with E-state index in [9.17, 15) is 9.59 Å². The lowest BCUT2D eigenvalue weighted by atomic mass is 10.0. The number of pyridine rings is 1. The molecule has 2 unspecified atom stereocenters. The first kappa shape index (κ1) is 15.9. The molecule has 1 aliphatic carbocycles. The maximum Gasteiger partial charge on any atom is 0.260 e. The van der Waals surface area contributed by atoms with Gasteiger partial charge >= 0.3 is 0 Å². The monoisotopic (exact) mass is 367 g/mol. The van der Waals surface area contributed by atoms with Crippen molar-refractivity contribution in [2.24, 2.45) is 20.0 Å². The standard InChI is InChI=1S/C20H21N3O2S/c1-12-8-22(3)19(25)16-14(10-21(2)17(12)16)18(24)23-9-13-7-20(13,11-23)15-5-4-6-26-15/h4-6,8,10,13H,7,9,11H2,1-3H3. The first-order valence-electron chi connectivity index (χ1n) is 8.91. The Bertz CT molecular complexity index is 1110. The third-order valence-corrected chi connectivity index (χ3v) is 7.24. The Morgan fingerprint density at radius 2 is 2.08 bits per heavy atom. The minimum atomic E-state index is -0.105. The first-order valence-corrected chi connectivity index (χ1v) is 9.79. The lowest BCUT2D eigenvalue weighted by Crippen LogP contribution is -2.33. The van der Waals surface area contributed by atoms with Crippen LogP contribution >= 0.6 is 11.3 Å². The van der Waals surface area contributed by atoms with Crippen molar-refractivity contribution >= 4 is 28.1 Å². The SMILES string of the molecule is Cc1cn(C)c(=O)c2c(C(=O)N3CC4CC4(c4cccs4)C3)cn(C)c12. The second kappa shape index (κ2) is 5.10. The number of fused-ring (bicyclic) bond motifs is 2. The van der Waals surface area contributed by atoms with Crippen molar-refractivity contribution in [3.8, 4) is 0 Å². The largest absolute Gasteiger partial charge is 0.349 e. The average molecular weight is 367 g/mol. The molecular formula is C20H21N3O2S. The molecule has 5 nitrogen and oxygen atoms in total. The Morgan fingerprint density at radius 3 is 2.81 bits per heavy atom. The quantitative estimate of drug-likeness (QED) is 0.699. The highest BCUT2D eigenvalue weighted by Gasteiger charge is 2.62.